The van der Waals surface area contributed by atoms with Crippen LogP contribution in [0.3, 0.4) is 0 Å². The minimum absolute atomic E-state index is 0.136. The molecule has 0 radical (unpaired) electrons. The van der Waals surface area contributed by atoms with Crippen LogP contribution in [-0.4, -0.2) is 5.78 Å². The molecule has 2 N–H and O–H groups in total. The van der Waals surface area contributed by atoms with E-state index in [-0.39, 0.29) is 5.78 Å². The van der Waals surface area contributed by atoms with Gasteiger partial charge in [0.25, 0.3) is 0 Å². The topological polar surface area (TPSA) is 43.1 Å². The van der Waals surface area contributed by atoms with Crippen LogP contribution in [0.15, 0.2) is 30.3 Å². The molecule has 0 bridgehead atoms. The lowest BCUT2D eigenvalue weighted by molar-refractivity contribution is -0.125. The van der Waals surface area contributed by atoms with Crippen LogP contribution in [0.4, 0.5) is 0 Å². The second-order valence-electron chi connectivity index (χ2n) is 4.88. The average molecular weight is 233 g/mol. The van der Waals surface area contributed by atoms with Crippen LogP contribution < -0.4 is 5.73 Å². The maximum Gasteiger partial charge on any atom is 0.157 e. The lowest BCUT2D eigenvalue weighted by Crippen LogP contribution is -2.42. The van der Waals surface area contributed by atoms with Crippen LogP contribution in [0.5, 0.6) is 0 Å². The summed E-state index contributed by atoms with van der Waals surface area (Å²) in [6, 6.07) is 9.62. The highest BCUT2D eigenvalue weighted by molar-refractivity contribution is 5.89. The highest BCUT2D eigenvalue weighted by atomic mass is 16.1. The van der Waals surface area contributed by atoms with Gasteiger partial charge in [0, 0.05) is 6.42 Å². The predicted molar refractivity (Wildman–Crippen MR) is 71.7 cm³/mol. The average Bonchev–Trinajstić information content (AvgIpc) is 2.36. The van der Waals surface area contributed by atoms with Crippen LogP contribution in [0.25, 0.3) is 0 Å². The fraction of sp³-hybridized carbons (Fsp3) is 0.533. The zero-order chi connectivity index (χ0) is 12.9. The first-order valence-electron chi connectivity index (χ1n) is 6.40. The van der Waals surface area contributed by atoms with E-state index >= 15 is 0 Å². The molecule has 0 aliphatic heterocycles. The summed E-state index contributed by atoms with van der Waals surface area (Å²) in [7, 11) is 0. The minimum atomic E-state index is -0.857. The number of hydrogen-bond donors (Lipinski definition) is 1. The van der Waals surface area contributed by atoms with E-state index in [2.05, 4.69) is 13.8 Å². The molecule has 0 saturated heterocycles. The number of carbonyl (C=O) groups is 1. The Bertz CT molecular complexity index is 352. The molecule has 1 atom stereocenters. The third-order valence-electron chi connectivity index (χ3n) is 3.58. The van der Waals surface area contributed by atoms with Crippen molar-refractivity contribution in [2.24, 2.45) is 11.7 Å². The molecule has 2 nitrogen and oxygen atoms in total. The van der Waals surface area contributed by atoms with Crippen molar-refractivity contribution in [1.29, 1.82) is 0 Å². The fourth-order valence-electron chi connectivity index (χ4n) is 2.00. The summed E-state index contributed by atoms with van der Waals surface area (Å²) in [6.45, 7) is 6.06. The molecule has 17 heavy (non-hydrogen) atoms. The van der Waals surface area contributed by atoms with Gasteiger partial charge in [0.05, 0.1) is 5.54 Å². The molecule has 0 aromatic heterocycles. The van der Waals surface area contributed by atoms with Crippen LogP contribution in [0.1, 0.15) is 45.6 Å². The van der Waals surface area contributed by atoms with E-state index < -0.39 is 5.54 Å². The van der Waals surface area contributed by atoms with Crippen LogP contribution in [0, 0.1) is 5.92 Å². The molecule has 0 saturated carbocycles. The van der Waals surface area contributed by atoms with Crippen LogP contribution in [-0.2, 0) is 10.3 Å². The summed E-state index contributed by atoms with van der Waals surface area (Å²) in [6.07, 6.45) is 2.65. The van der Waals surface area contributed by atoms with E-state index in [0.717, 1.165) is 18.4 Å². The van der Waals surface area contributed by atoms with Gasteiger partial charge in [0.15, 0.2) is 5.78 Å². The third-order valence-corrected chi connectivity index (χ3v) is 3.58. The molecule has 2 heteroatoms. The van der Waals surface area contributed by atoms with E-state index in [1.165, 1.54) is 0 Å². The molecule has 0 fully saturated rings. The zero-order valence-electron chi connectivity index (χ0n) is 11.1. The van der Waals surface area contributed by atoms with Crippen molar-refractivity contribution in [2.75, 3.05) is 0 Å². The summed E-state index contributed by atoms with van der Waals surface area (Å²) in [4.78, 5) is 12.3. The van der Waals surface area contributed by atoms with Crippen molar-refractivity contribution in [3.63, 3.8) is 0 Å². The van der Waals surface area contributed by atoms with Crippen molar-refractivity contribution in [2.45, 2.75) is 45.6 Å². The number of hydrogen-bond acceptors (Lipinski definition) is 2. The quantitative estimate of drug-likeness (QED) is 0.819. The molecular formula is C15H23NO. The smallest absolute Gasteiger partial charge is 0.157 e. The lowest BCUT2D eigenvalue weighted by Gasteiger charge is -2.25. The van der Waals surface area contributed by atoms with Gasteiger partial charge in [-0.3, -0.25) is 4.79 Å². The monoisotopic (exact) mass is 233 g/mol. The molecule has 0 amide bonds. The fourth-order valence-corrected chi connectivity index (χ4v) is 2.00. The Morgan fingerprint density at radius 1 is 1.24 bits per heavy atom. The summed E-state index contributed by atoms with van der Waals surface area (Å²) in [5.74, 6) is 0.589. The van der Waals surface area contributed by atoms with Crippen molar-refractivity contribution < 1.29 is 4.79 Å². The zero-order valence-corrected chi connectivity index (χ0v) is 11.1. The number of rotatable bonds is 6. The standard InChI is InChI=1S/C15H23NO/c1-4-12(5-2)11-14(17)15(3,16)13-9-7-6-8-10-13/h6-10,12H,4-5,11,16H2,1-3H3. The largest absolute Gasteiger partial charge is 0.315 e. The summed E-state index contributed by atoms with van der Waals surface area (Å²) in [5.41, 5.74) is 6.23. The maximum atomic E-state index is 12.3. The SMILES string of the molecule is CCC(CC)CC(=O)C(C)(N)c1ccccc1. The number of benzene rings is 1. The van der Waals surface area contributed by atoms with E-state index in [0.29, 0.717) is 12.3 Å². The molecular weight excluding hydrogens is 210 g/mol. The highest BCUT2D eigenvalue weighted by Crippen LogP contribution is 2.24. The van der Waals surface area contributed by atoms with Gasteiger partial charge in [-0.25, -0.2) is 0 Å². The normalized spacial score (nSPS) is 14.6. The Morgan fingerprint density at radius 2 is 1.76 bits per heavy atom. The first kappa shape index (κ1) is 13.9. The minimum Gasteiger partial charge on any atom is -0.315 e. The predicted octanol–water partition coefficient (Wildman–Crippen LogP) is 3.26. The van der Waals surface area contributed by atoms with Gasteiger partial charge in [-0.15, -0.1) is 0 Å². The molecule has 1 rings (SSSR count). The summed E-state index contributed by atoms with van der Waals surface area (Å²) >= 11 is 0. The molecule has 1 aromatic rings. The second kappa shape index (κ2) is 5.97. The Morgan fingerprint density at radius 3 is 2.24 bits per heavy atom. The van der Waals surface area contributed by atoms with E-state index in [4.69, 9.17) is 5.73 Å². The Kier molecular flexibility index (Phi) is 4.88. The van der Waals surface area contributed by atoms with Gasteiger partial charge in [0.1, 0.15) is 0 Å². The number of nitrogens with two attached hydrogens (primary N) is 1. The third kappa shape index (κ3) is 3.40. The van der Waals surface area contributed by atoms with Crippen molar-refractivity contribution in [1.82, 2.24) is 0 Å². The summed E-state index contributed by atoms with van der Waals surface area (Å²) < 4.78 is 0. The molecule has 1 unspecified atom stereocenters. The Hall–Kier alpha value is -1.15. The molecule has 1 aromatic carbocycles. The summed E-state index contributed by atoms with van der Waals surface area (Å²) in [5, 5.41) is 0. The Labute approximate surface area is 104 Å². The van der Waals surface area contributed by atoms with Gasteiger partial charge < -0.3 is 5.73 Å². The Balaban J connectivity index is 2.80. The maximum absolute atomic E-state index is 12.3. The van der Waals surface area contributed by atoms with Gasteiger partial charge >= 0.3 is 0 Å². The number of carbonyl (C=O) groups excluding carboxylic acids is 1. The lowest BCUT2D eigenvalue weighted by atomic mass is 9.83. The van der Waals surface area contributed by atoms with Crippen LogP contribution in [0.2, 0.25) is 0 Å². The number of ketones is 1. The van der Waals surface area contributed by atoms with Gasteiger partial charge in [-0.05, 0) is 18.4 Å². The molecule has 0 aliphatic rings. The van der Waals surface area contributed by atoms with E-state index in [1.54, 1.807) is 0 Å². The van der Waals surface area contributed by atoms with Crippen molar-refractivity contribution in [3.8, 4) is 0 Å². The number of Topliss-reactive ketones (excluding diaryl/α,β-unsaturated/α-hetero) is 1. The van der Waals surface area contributed by atoms with E-state index in [1.807, 2.05) is 37.3 Å². The van der Waals surface area contributed by atoms with Crippen LogP contribution >= 0.6 is 0 Å². The molecule has 94 valence electrons. The second-order valence-corrected chi connectivity index (χ2v) is 4.88. The van der Waals surface area contributed by atoms with Gasteiger partial charge in [0.2, 0.25) is 0 Å². The first-order chi connectivity index (χ1) is 8.02. The van der Waals surface area contributed by atoms with Gasteiger partial charge in [-0.1, -0.05) is 57.0 Å². The van der Waals surface area contributed by atoms with Crippen molar-refractivity contribution in [3.05, 3.63) is 35.9 Å². The molecule has 0 aliphatic carbocycles. The van der Waals surface area contributed by atoms with Gasteiger partial charge in [-0.2, -0.15) is 0 Å². The molecule has 0 spiro atoms. The molecule has 0 heterocycles. The van der Waals surface area contributed by atoms with E-state index in [9.17, 15) is 4.79 Å². The first-order valence-corrected chi connectivity index (χ1v) is 6.40. The van der Waals surface area contributed by atoms with Crippen molar-refractivity contribution >= 4 is 5.78 Å². The highest BCUT2D eigenvalue weighted by Gasteiger charge is 2.30.